The lowest BCUT2D eigenvalue weighted by Crippen LogP contribution is -2.14. The average molecular weight is 379 g/mol. The fourth-order valence-corrected chi connectivity index (χ4v) is 2.93. The number of fused-ring (bicyclic) bond motifs is 1. The molecule has 0 radical (unpaired) electrons. The van der Waals surface area contributed by atoms with Crippen molar-refractivity contribution in [3.8, 4) is 0 Å². The van der Waals surface area contributed by atoms with Crippen LogP contribution in [0, 0.1) is 6.92 Å². The number of carbonyl (C=O) groups excluding carboxylic acids is 1. The Morgan fingerprint density at radius 2 is 1.88 bits per heavy atom. The molecule has 8 heteroatoms. The number of pyridine rings is 1. The lowest BCUT2D eigenvalue weighted by atomic mass is 10.0. The van der Waals surface area contributed by atoms with Crippen LogP contribution in [0.2, 0.25) is 10.0 Å². The number of aromatic nitrogens is 2. The Labute approximate surface area is 154 Å². The SMILES string of the molecule is Cc1noc2nc(C(C)C)cc(C(=O)Nc3cc(Cl)c(N)c(Cl)c3)c12. The van der Waals surface area contributed by atoms with Gasteiger partial charge in [0.1, 0.15) is 0 Å². The van der Waals surface area contributed by atoms with E-state index in [0.717, 1.165) is 5.69 Å². The normalized spacial score (nSPS) is 11.3. The first kappa shape index (κ1) is 17.5. The molecule has 0 aliphatic carbocycles. The number of aryl methyl sites for hydroxylation is 1. The van der Waals surface area contributed by atoms with Gasteiger partial charge in [0.05, 0.1) is 32.4 Å². The molecule has 3 N–H and O–H groups in total. The number of hydrogen-bond acceptors (Lipinski definition) is 5. The summed E-state index contributed by atoms with van der Waals surface area (Å²) in [6, 6.07) is 4.83. The molecule has 0 saturated heterocycles. The van der Waals surface area contributed by atoms with Crippen molar-refractivity contribution in [2.45, 2.75) is 26.7 Å². The number of hydrogen-bond donors (Lipinski definition) is 2. The molecule has 0 atom stereocenters. The predicted octanol–water partition coefficient (Wildman–Crippen LogP) is 4.80. The van der Waals surface area contributed by atoms with E-state index >= 15 is 0 Å². The minimum atomic E-state index is -0.336. The number of anilines is 2. The van der Waals surface area contributed by atoms with Crippen LogP contribution in [0.25, 0.3) is 11.1 Å². The van der Waals surface area contributed by atoms with Gasteiger partial charge in [-0.25, -0.2) is 4.98 Å². The second-order valence-electron chi connectivity index (χ2n) is 6.01. The molecule has 6 nitrogen and oxygen atoms in total. The zero-order chi connectivity index (χ0) is 18.3. The molecule has 0 spiro atoms. The first-order valence-corrected chi connectivity index (χ1v) is 8.36. The third-order valence-electron chi connectivity index (χ3n) is 3.81. The highest BCUT2D eigenvalue weighted by atomic mass is 35.5. The molecule has 25 heavy (non-hydrogen) atoms. The molecule has 1 amide bonds. The zero-order valence-electron chi connectivity index (χ0n) is 13.9. The van der Waals surface area contributed by atoms with Crippen molar-refractivity contribution in [2.75, 3.05) is 11.1 Å². The number of nitrogens with one attached hydrogen (secondary N) is 1. The van der Waals surface area contributed by atoms with Crippen molar-refractivity contribution < 1.29 is 9.32 Å². The summed E-state index contributed by atoms with van der Waals surface area (Å²) in [6.07, 6.45) is 0. The maximum absolute atomic E-state index is 12.8. The summed E-state index contributed by atoms with van der Waals surface area (Å²) < 4.78 is 5.23. The standard InChI is InChI=1S/C17H16Cl2N4O2/c1-7(2)13-6-10(14-8(3)23-25-17(14)22-13)16(24)21-9-4-11(18)15(20)12(19)5-9/h4-7H,20H2,1-3H3,(H,21,24). The highest BCUT2D eigenvalue weighted by molar-refractivity contribution is 6.39. The number of nitrogens with two attached hydrogens (primary N) is 1. The first-order chi connectivity index (χ1) is 11.8. The first-order valence-electron chi connectivity index (χ1n) is 7.60. The van der Waals surface area contributed by atoms with E-state index in [1.165, 1.54) is 0 Å². The van der Waals surface area contributed by atoms with E-state index in [0.29, 0.717) is 28.0 Å². The predicted molar refractivity (Wildman–Crippen MR) is 99.5 cm³/mol. The van der Waals surface area contributed by atoms with Gasteiger partial charge in [0.25, 0.3) is 11.6 Å². The Morgan fingerprint density at radius 3 is 2.48 bits per heavy atom. The van der Waals surface area contributed by atoms with Gasteiger partial charge in [0.15, 0.2) is 0 Å². The number of rotatable bonds is 3. The Hall–Kier alpha value is -2.31. The van der Waals surface area contributed by atoms with E-state index in [2.05, 4.69) is 15.5 Å². The molecule has 0 saturated carbocycles. The van der Waals surface area contributed by atoms with Crippen LogP contribution in [-0.4, -0.2) is 16.0 Å². The van der Waals surface area contributed by atoms with Crippen LogP contribution >= 0.6 is 23.2 Å². The molecule has 3 rings (SSSR count). The summed E-state index contributed by atoms with van der Waals surface area (Å²) in [6.45, 7) is 5.73. The monoisotopic (exact) mass is 378 g/mol. The number of nitrogens with zero attached hydrogens (tertiary/aromatic N) is 2. The fourth-order valence-electron chi connectivity index (χ4n) is 2.44. The van der Waals surface area contributed by atoms with Crippen molar-refractivity contribution in [3.05, 3.63) is 45.2 Å². The van der Waals surface area contributed by atoms with Crippen LogP contribution < -0.4 is 11.1 Å². The number of amides is 1. The summed E-state index contributed by atoms with van der Waals surface area (Å²) in [5, 5.41) is 7.81. The molecule has 0 fully saturated rings. The molecule has 2 aromatic heterocycles. The molecule has 0 bridgehead atoms. The second-order valence-corrected chi connectivity index (χ2v) is 6.82. The molecule has 2 heterocycles. The van der Waals surface area contributed by atoms with E-state index in [1.54, 1.807) is 25.1 Å². The van der Waals surface area contributed by atoms with Gasteiger partial charge in [0.2, 0.25) is 0 Å². The van der Waals surface area contributed by atoms with Crippen LogP contribution in [-0.2, 0) is 0 Å². The van der Waals surface area contributed by atoms with Gasteiger partial charge in [-0.2, -0.15) is 0 Å². The smallest absolute Gasteiger partial charge is 0.259 e. The van der Waals surface area contributed by atoms with Gasteiger partial charge in [-0.1, -0.05) is 42.2 Å². The quantitative estimate of drug-likeness (QED) is 0.638. The Bertz CT molecular complexity index is 959. The molecular weight excluding hydrogens is 363 g/mol. The summed E-state index contributed by atoms with van der Waals surface area (Å²) in [5.74, 6) is -0.209. The molecule has 1 aromatic carbocycles. The van der Waals surface area contributed by atoms with Gasteiger partial charge in [-0.15, -0.1) is 0 Å². The third kappa shape index (κ3) is 3.27. The van der Waals surface area contributed by atoms with Crippen LogP contribution in [0.5, 0.6) is 0 Å². The lowest BCUT2D eigenvalue weighted by Gasteiger charge is -2.11. The van der Waals surface area contributed by atoms with Crippen molar-refractivity contribution in [1.29, 1.82) is 0 Å². The Balaban J connectivity index is 2.06. The van der Waals surface area contributed by atoms with Gasteiger partial charge < -0.3 is 15.6 Å². The van der Waals surface area contributed by atoms with Gasteiger partial charge in [-0.05, 0) is 31.0 Å². The zero-order valence-corrected chi connectivity index (χ0v) is 15.4. The van der Waals surface area contributed by atoms with E-state index in [1.807, 2.05) is 13.8 Å². The van der Waals surface area contributed by atoms with Crippen LogP contribution in [0.1, 0.15) is 41.5 Å². The maximum atomic E-state index is 12.8. The van der Waals surface area contributed by atoms with E-state index < -0.39 is 0 Å². The Morgan fingerprint density at radius 1 is 1.24 bits per heavy atom. The van der Waals surface area contributed by atoms with E-state index in [9.17, 15) is 4.79 Å². The van der Waals surface area contributed by atoms with Crippen molar-refractivity contribution in [3.63, 3.8) is 0 Å². The molecule has 3 aromatic rings. The number of halogens is 2. The topological polar surface area (TPSA) is 94.0 Å². The van der Waals surface area contributed by atoms with Crippen molar-refractivity contribution >= 4 is 51.6 Å². The number of nitrogen functional groups attached to an aromatic ring is 1. The van der Waals surface area contributed by atoms with Crippen molar-refractivity contribution in [1.82, 2.24) is 10.1 Å². The Kier molecular flexibility index (Phi) is 4.58. The van der Waals surface area contributed by atoms with Crippen LogP contribution in [0.3, 0.4) is 0 Å². The highest BCUT2D eigenvalue weighted by Crippen LogP contribution is 2.32. The minimum absolute atomic E-state index is 0.127. The highest BCUT2D eigenvalue weighted by Gasteiger charge is 2.20. The average Bonchev–Trinajstić information content (AvgIpc) is 2.93. The largest absolute Gasteiger partial charge is 0.396 e. The summed E-state index contributed by atoms with van der Waals surface area (Å²) in [5.41, 5.74) is 8.53. The van der Waals surface area contributed by atoms with Gasteiger partial charge >= 0.3 is 0 Å². The molecule has 130 valence electrons. The van der Waals surface area contributed by atoms with Crippen LogP contribution in [0.15, 0.2) is 22.7 Å². The van der Waals surface area contributed by atoms with E-state index in [4.69, 9.17) is 33.5 Å². The van der Waals surface area contributed by atoms with Crippen LogP contribution in [0.4, 0.5) is 11.4 Å². The molecule has 0 unspecified atom stereocenters. The summed E-state index contributed by atoms with van der Waals surface area (Å²) >= 11 is 12.0. The molecular formula is C17H16Cl2N4O2. The van der Waals surface area contributed by atoms with Crippen molar-refractivity contribution in [2.24, 2.45) is 0 Å². The minimum Gasteiger partial charge on any atom is -0.396 e. The van der Waals surface area contributed by atoms with Gasteiger partial charge in [-0.3, -0.25) is 4.79 Å². The molecule has 0 aliphatic heterocycles. The molecule has 0 aliphatic rings. The third-order valence-corrected chi connectivity index (χ3v) is 4.44. The van der Waals surface area contributed by atoms with E-state index in [-0.39, 0.29) is 27.6 Å². The number of benzene rings is 1. The lowest BCUT2D eigenvalue weighted by molar-refractivity contribution is 0.102. The summed E-state index contributed by atoms with van der Waals surface area (Å²) in [7, 11) is 0. The maximum Gasteiger partial charge on any atom is 0.259 e. The summed E-state index contributed by atoms with van der Waals surface area (Å²) in [4.78, 5) is 17.3. The van der Waals surface area contributed by atoms with Gasteiger partial charge in [0, 0.05) is 11.4 Å². The fraction of sp³-hybridized carbons (Fsp3) is 0.235. The second kappa shape index (κ2) is 6.54. The number of carbonyl (C=O) groups is 1.